The van der Waals surface area contributed by atoms with Gasteiger partial charge in [0.1, 0.15) is 0 Å². The summed E-state index contributed by atoms with van der Waals surface area (Å²) in [5.74, 6) is 0.0482. The Morgan fingerprint density at radius 3 is 1.57 bits per heavy atom. The average molecular weight is 574 g/mol. The van der Waals surface area contributed by atoms with Crippen LogP contribution in [0.15, 0.2) is 133 Å². The lowest BCUT2D eigenvalue weighted by Gasteiger charge is -2.31. The zero-order valence-corrected chi connectivity index (χ0v) is 24.4. The first-order chi connectivity index (χ1) is 21.6. The maximum absolute atomic E-state index is 14.2. The summed E-state index contributed by atoms with van der Waals surface area (Å²) in [5, 5.41) is 1.09. The second-order valence-corrected chi connectivity index (χ2v) is 11.7. The molecule has 3 heterocycles. The van der Waals surface area contributed by atoms with Gasteiger partial charge in [0.2, 0.25) is 0 Å². The minimum atomic E-state index is -0.326. The molecule has 214 valence electrons. The summed E-state index contributed by atoms with van der Waals surface area (Å²) in [7, 11) is 2.09. The Morgan fingerprint density at radius 2 is 0.977 bits per heavy atom. The number of carbonyl (C=O) groups is 2. The van der Waals surface area contributed by atoms with Crippen LogP contribution in [0.25, 0.3) is 10.9 Å². The standard InChI is InChI=1S/C39H31N3O2/c1-40-33-23-13-12-22-32(33)34(35-28-18-8-10-20-30(28)38(43)41(35)24-26-14-4-2-5-15-26)37(40)36-29-19-9-11-21-31(29)39(44)42(36)25-27-16-6-3-7-17-27/h2-23,35-36H,24-25H2,1H3/t35-,36+/m0/s1. The van der Waals surface area contributed by atoms with E-state index in [0.717, 1.165) is 55.5 Å². The average Bonchev–Trinajstić information content (AvgIpc) is 3.62. The number of carbonyl (C=O) groups excluding carboxylic acids is 2. The molecule has 0 radical (unpaired) electrons. The molecule has 5 heteroatoms. The van der Waals surface area contributed by atoms with Crippen molar-refractivity contribution in [2.24, 2.45) is 7.05 Å². The molecule has 6 aromatic rings. The summed E-state index contributed by atoms with van der Waals surface area (Å²) in [6, 6.07) is 44.1. The molecule has 0 fully saturated rings. The minimum Gasteiger partial charge on any atom is -0.345 e. The molecular formula is C39H31N3O2. The number of amides is 2. The zero-order valence-electron chi connectivity index (χ0n) is 24.4. The maximum Gasteiger partial charge on any atom is 0.255 e. The first-order valence-corrected chi connectivity index (χ1v) is 15.1. The van der Waals surface area contributed by atoms with E-state index in [0.29, 0.717) is 13.1 Å². The first-order valence-electron chi connectivity index (χ1n) is 15.1. The fourth-order valence-electron chi connectivity index (χ4n) is 7.29. The number of nitrogens with zero attached hydrogens (tertiary/aromatic N) is 3. The lowest BCUT2D eigenvalue weighted by Crippen LogP contribution is -2.32. The van der Waals surface area contributed by atoms with Gasteiger partial charge in [-0.3, -0.25) is 9.59 Å². The first kappa shape index (κ1) is 26.2. The Kier molecular flexibility index (Phi) is 6.19. The van der Waals surface area contributed by atoms with Gasteiger partial charge in [-0.05, 0) is 40.5 Å². The van der Waals surface area contributed by atoms with E-state index in [9.17, 15) is 9.59 Å². The van der Waals surface area contributed by atoms with Crippen molar-refractivity contribution in [3.8, 4) is 0 Å². The van der Waals surface area contributed by atoms with Gasteiger partial charge in [-0.15, -0.1) is 0 Å². The molecule has 0 aliphatic carbocycles. The summed E-state index contributed by atoms with van der Waals surface area (Å²) in [6.45, 7) is 0.962. The number of aromatic nitrogens is 1. The van der Waals surface area contributed by atoms with Gasteiger partial charge in [0.05, 0.1) is 17.8 Å². The molecule has 0 unspecified atom stereocenters. The molecule has 5 nitrogen and oxygen atoms in total. The normalized spacial score (nSPS) is 17.4. The molecule has 1 aromatic heterocycles. The second kappa shape index (κ2) is 10.4. The van der Waals surface area contributed by atoms with E-state index in [1.165, 1.54) is 0 Å². The predicted molar refractivity (Wildman–Crippen MR) is 172 cm³/mol. The lowest BCUT2D eigenvalue weighted by molar-refractivity contribution is 0.0712. The van der Waals surface area contributed by atoms with Crippen LogP contribution in [-0.4, -0.2) is 26.2 Å². The van der Waals surface area contributed by atoms with Gasteiger partial charge in [0, 0.05) is 47.7 Å². The number of aryl methyl sites for hydroxylation is 1. The highest BCUT2D eigenvalue weighted by atomic mass is 16.2. The molecule has 0 N–H and O–H groups in total. The lowest BCUT2D eigenvalue weighted by atomic mass is 9.91. The molecule has 2 amide bonds. The van der Waals surface area contributed by atoms with Crippen molar-refractivity contribution in [3.63, 3.8) is 0 Å². The van der Waals surface area contributed by atoms with Crippen molar-refractivity contribution in [2.45, 2.75) is 25.2 Å². The monoisotopic (exact) mass is 573 g/mol. The van der Waals surface area contributed by atoms with Crippen LogP contribution in [0.2, 0.25) is 0 Å². The van der Waals surface area contributed by atoms with Crippen molar-refractivity contribution < 1.29 is 9.59 Å². The van der Waals surface area contributed by atoms with Crippen molar-refractivity contribution in [3.05, 3.63) is 178 Å². The van der Waals surface area contributed by atoms with Crippen LogP contribution >= 0.6 is 0 Å². The van der Waals surface area contributed by atoms with E-state index in [4.69, 9.17) is 0 Å². The molecule has 0 saturated carbocycles. The van der Waals surface area contributed by atoms with Crippen molar-refractivity contribution in [1.82, 2.24) is 14.4 Å². The zero-order chi connectivity index (χ0) is 29.8. The third-order valence-electron chi connectivity index (χ3n) is 9.23. The third-order valence-corrected chi connectivity index (χ3v) is 9.23. The quantitative estimate of drug-likeness (QED) is 0.205. The fraction of sp³-hybridized carbons (Fsp3) is 0.128. The largest absolute Gasteiger partial charge is 0.345 e. The van der Waals surface area contributed by atoms with Gasteiger partial charge < -0.3 is 14.4 Å². The van der Waals surface area contributed by atoms with Crippen LogP contribution in [0.5, 0.6) is 0 Å². The van der Waals surface area contributed by atoms with Gasteiger partial charge in [-0.1, -0.05) is 115 Å². The molecule has 5 aromatic carbocycles. The van der Waals surface area contributed by atoms with Gasteiger partial charge in [-0.25, -0.2) is 0 Å². The summed E-state index contributed by atoms with van der Waals surface area (Å²) in [4.78, 5) is 32.3. The van der Waals surface area contributed by atoms with Crippen LogP contribution in [0.4, 0.5) is 0 Å². The number of fused-ring (bicyclic) bond motifs is 3. The number of rotatable bonds is 6. The van der Waals surface area contributed by atoms with Crippen molar-refractivity contribution >= 4 is 22.7 Å². The molecule has 0 saturated heterocycles. The third kappa shape index (κ3) is 4.00. The number of benzene rings is 5. The van der Waals surface area contributed by atoms with E-state index >= 15 is 0 Å². The molecule has 0 bridgehead atoms. The molecule has 2 atom stereocenters. The van der Waals surface area contributed by atoms with Crippen molar-refractivity contribution in [1.29, 1.82) is 0 Å². The molecular weight excluding hydrogens is 542 g/mol. The highest BCUT2D eigenvalue weighted by Gasteiger charge is 2.45. The Hall–Kier alpha value is -5.42. The Morgan fingerprint density at radius 1 is 0.523 bits per heavy atom. The maximum atomic E-state index is 14.2. The topological polar surface area (TPSA) is 45.6 Å². The number of hydrogen-bond donors (Lipinski definition) is 0. The Bertz CT molecular complexity index is 2050. The van der Waals surface area contributed by atoms with E-state index in [2.05, 4.69) is 72.3 Å². The molecule has 0 spiro atoms. The summed E-state index contributed by atoms with van der Waals surface area (Å²) >= 11 is 0. The predicted octanol–water partition coefficient (Wildman–Crippen LogP) is 7.67. The fourth-order valence-corrected chi connectivity index (χ4v) is 7.29. The highest BCUT2D eigenvalue weighted by molar-refractivity contribution is 6.02. The van der Waals surface area contributed by atoms with Gasteiger partial charge in [0.25, 0.3) is 11.8 Å². The summed E-state index contributed by atoms with van der Waals surface area (Å²) in [6.07, 6.45) is 0. The Labute approximate surface area is 256 Å². The molecule has 2 aliphatic rings. The van der Waals surface area contributed by atoms with Gasteiger partial charge >= 0.3 is 0 Å². The number of hydrogen-bond acceptors (Lipinski definition) is 2. The van der Waals surface area contributed by atoms with E-state index in [1.54, 1.807) is 0 Å². The smallest absolute Gasteiger partial charge is 0.255 e. The number of para-hydroxylation sites is 1. The van der Waals surface area contributed by atoms with Crippen LogP contribution in [0, 0.1) is 0 Å². The summed E-state index contributed by atoms with van der Waals surface area (Å²) in [5.41, 5.74) is 8.79. The van der Waals surface area contributed by atoms with E-state index in [1.807, 2.05) is 82.6 Å². The Balaban J connectivity index is 1.39. The summed E-state index contributed by atoms with van der Waals surface area (Å²) < 4.78 is 2.24. The van der Waals surface area contributed by atoms with E-state index in [-0.39, 0.29) is 23.9 Å². The SMILES string of the molecule is Cn1c([C@H]2c3ccccc3C(=O)N2Cc2ccccc2)c([C@@H]2c3ccccc3C(=O)N2Cc2ccccc2)c2ccccc21. The van der Waals surface area contributed by atoms with E-state index < -0.39 is 0 Å². The molecule has 2 aliphatic heterocycles. The van der Waals surface area contributed by atoms with Gasteiger partial charge in [-0.2, -0.15) is 0 Å². The molecule has 8 rings (SSSR count). The second-order valence-electron chi connectivity index (χ2n) is 11.7. The van der Waals surface area contributed by atoms with Gasteiger partial charge in [0.15, 0.2) is 0 Å². The van der Waals surface area contributed by atoms with Crippen LogP contribution in [-0.2, 0) is 20.1 Å². The van der Waals surface area contributed by atoms with Crippen LogP contribution in [0.3, 0.4) is 0 Å². The van der Waals surface area contributed by atoms with Crippen LogP contribution < -0.4 is 0 Å². The molecule has 44 heavy (non-hydrogen) atoms. The highest BCUT2D eigenvalue weighted by Crippen LogP contribution is 2.49. The minimum absolute atomic E-state index is 0.0229. The van der Waals surface area contributed by atoms with Crippen molar-refractivity contribution in [2.75, 3.05) is 0 Å². The van der Waals surface area contributed by atoms with Crippen LogP contribution in [0.1, 0.15) is 66.3 Å².